The summed E-state index contributed by atoms with van der Waals surface area (Å²) >= 11 is 0. The Hall–Kier alpha value is -1.71. The summed E-state index contributed by atoms with van der Waals surface area (Å²) in [7, 11) is 2.10. The lowest BCUT2D eigenvalue weighted by Gasteiger charge is -2.26. The van der Waals surface area contributed by atoms with Crippen molar-refractivity contribution < 1.29 is 0 Å². The molecular weight excluding hydrogens is 260 g/mol. The van der Waals surface area contributed by atoms with E-state index < -0.39 is 0 Å². The summed E-state index contributed by atoms with van der Waals surface area (Å²) in [5.41, 5.74) is 7.22. The van der Waals surface area contributed by atoms with Crippen molar-refractivity contribution in [3.8, 4) is 0 Å². The van der Waals surface area contributed by atoms with Gasteiger partial charge < -0.3 is 16.0 Å². The average molecular weight is 288 g/mol. The Morgan fingerprint density at radius 3 is 2.62 bits per heavy atom. The lowest BCUT2D eigenvalue weighted by Crippen LogP contribution is -2.42. The second-order valence-electron chi connectivity index (χ2n) is 6.00. The van der Waals surface area contributed by atoms with E-state index in [1.54, 1.807) is 0 Å². The summed E-state index contributed by atoms with van der Waals surface area (Å²) in [6.07, 6.45) is 6.40. The Balaban J connectivity index is 1.81. The number of nitrogens with two attached hydrogens (primary N) is 1. The van der Waals surface area contributed by atoms with Gasteiger partial charge in [-0.25, -0.2) is 0 Å². The van der Waals surface area contributed by atoms with E-state index in [0.717, 1.165) is 0 Å². The summed E-state index contributed by atoms with van der Waals surface area (Å²) in [4.78, 5) is 6.74. The molecule has 0 heterocycles. The van der Waals surface area contributed by atoms with Gasteiger partial charge in [0.15, 0.2) is 5.96 Å². The van der Waals surface area contributed by atoms with Crippen molar-refractivity contribution in [3.05, 3.63) is 30.3 Å². The van der Waals surface area contributed by atoms with Crippen molar-refractivity contribution in [2.75, 3.05) is 18.5 Å². The van der Waals surface area contributed by atoms with Crippen LogP contribution in [0.3, 0.4) is 0 Å². The first-order chi connectivity index (χ1) is 10.2. The van der Waals surface area contributed by atoms with Crippen LogP contribution in [0.15, 0.2) is 35.3 Å². The SMILES string of the molecule is CC(CN=C(N)NC1CCCCC1)N(C)c1ccccc1. The van der Waals surface area contributed by atoms with Crippen LogP contribution in [-0.2, 0) is 0 Å². The van der Waals surface area contributed by atoms with Gasteiger partial charge >= 0.3 is 0 Å². The van der Waals surface area contributed by atoms with E-state index in [9.17, 15) is 0 Å². The van der Waals surface area contributed by atoms with Gasteiger partial charge in [-0.2, -0.15) is 0 Å². The largest absolute Gasteiger partial charge is 0.370 e. The van der Waals surface area contributed by atoms with Crippen LogP contribution in [0.4, 0.5) is 5.69 Å². The molecule has 1 aromatic carbocycles. The van der Waals surface area contributed by atoms with E-state index in [0.29, 0.717) is 24.6 Å². The Morgan fingerprint density at radius 1 is 1.29 bits per heavy atom. The van der Waals surface area contributed by atoms with Crippen LogP contribution in [-0.4, -0.2) is 31.6 Å². The monoisotopic (exact) mass is 288 g/mol. The maximum Gasteiger partial charge on any atom is 0.188 e. The van der Waals surface area contributed by atoms with E-state index in [2.05, 4.69) is 53.4 Å². The normalized spacial score (nSPS) is 18.3. The molecule has 1 aliphatic rings. The van der Waals surface area contributed by atoms with Gasteiger partial charge in [-0.15, -0.1) is 0 Å². The highest BCUT2D eigenvalue weighted by molar-refractivity contribution is 5.78. The average Bonchev–Trinajstić information content (AvgIpc) is 2.53. The molecular formula is C17H28N4. The van der Waals surface area contributed by atoms with Crippen molar-refractivity contribution in [1.82, 2.24) is 5.32 Å². The van der Waals surface area contributed by atoms with Crippen molar-refractivity contribution in [1.29, 1.82) is 0 Å². The third-order valence-electron chi connectivity index (χ3n) is 4.31. The number of benzene rings is 1. The molecule has 0 aliphatic heterocycles. The van der Waals surface area contributed by atoms with Crippen molar-refractivity contribution in [2.24, 2.45) is 10.7 Å². The first-order valence-corrected chi connectivity index (χ1v) is 8.01. The van der Waals surface area contributed by atoms with Crippen LogP contribution in [0.25, 0.3) is 0 Å². The van der Waals surface area contributed by atoms with E-state index in [4.69, 9.17) is 5.73 Å². The standard InChI is InChI=1S/C17H28N4/c1-14(21(2)16-11-7-4-8-12-16)13-19-17(18)20-15-9-5-3-6-10-15/h4,7-8,11-12,14-15H,3,5-6,9-10,13H2,1-2H3,(H3,18,19,20). The zero-order chi connectivity index (χ0) is 15.1. The molecule has 2 rings (SSSR count). The fourth-order valence-corrected chi connectivity index (χ4v) is 2.77. The Labute approximate surface area is 128 Å². The molecule has 1 aliphatic carbocycles. The molecule has 1 atom stereocenters. The molecule has 1 unspecified atom stereocenters. The van der Waals surface area contributed by atoms with Gasteiger partial charge in [0.2, 0.25) is 0 Å². The minimum atomic E-state index is 0.319. The van der Waals surface area contributed by atoms with Gasteiger partial charge in [0, 0.05) is 24.8 Å². The molecule has 116 valence electrons. The van der Waals surface area contributed by atoms with Crippen LogP contribution in [0.5, 0.6) is 0 Å². The predicted molar refractivity (Wildman–Crippen MR) is 90.8 cm³/mol. The van der Waals surface area contributed by atoms with Gasteiger partial charge in [-0.05, 0) is 31.9 Å². The molecule has 1 aromatic rings. The van der Waals surface area contributed by atoms with E-state index in [1.807, 2.05) is 6.07 Å². The Bertz CT molecular complexity index is 437. The molecule has 4 heteroatoms. The molecule has 3 N–H and O–H groups in total. The molecule has 0 saturated heterocycles. The molecule has 0 spiro atoms. The highest BCUT2D eigenvalue weighted by Crippen LogP contribution is 2.17. The third kappa shape index (κ3) is 4.96. The molecule has 0 aromatic heterocycles. The van der Waals surface area contributed by atoms with Crippen LogP contribution in [0, 0.1) is 0 Å². The van der Waals surface area contributed by atoms with E-state index in [-0.39, 0.29) is 0 Å². The number of rotatable bonds is 5. The number of likely N-dealkylation sites (N-methyl/N-ethyl adjacent to an activating group) is 1. The summed E-state index contributed by atoms with van der Waals surface area (Å²) in [5, 5.41) is 3.36. The quantitative estimate of drug-likeness (QED) is 0.647. The summed E-state index contributed by atoms with van der Waals surface area (Å²) < 4.78 is 0. The number of aliphatic imine (C=N–C) groups is 1. The summed E-state index contributed by atoms with van der Waals surface area (Å²) in [5.74, 6) is 0.593. The van der Waals surface area contributed by atoms with Gasteiger partial charge in [0.25, 0.3) is 0 Å². The number of anilines is 1. The van der Waals surface area contributed by atoms with E-state index >= 15 is 0 Å². The second-order valence-corrected chi connectivity index (χ2v) is 6.00. The van der Waals surface area contributed by atoms with E-state index in [1.165, 1.54) is 37.8 Å². The molecule has 0 radical (unpaired) electrons. The van der Waals surface area contributed by atoms with Gasteiger partial charge in [-0.1, -0.05) is 37.5 Å². The fourth-order valence-electron chi connectivity index (χ4n) is 2.77. The molecule has 0 amide bonds. The first kappa shape index (κ1) is 15.7. The van der Waals surface area contributed by atoms with Crippen LogP contribution >= 0.6 is 0 Å². The van der Waals surface area contributed by atoms with Gasteiger partial charge in [0.1, 0.15) is 0 Å². The highest BCUT2D eigenvalue weighted by Gasteiger charge is 2.14. The minimum Gasteiger partial charge on any atom is -0.370 e. The lowest BCUT2D eigenvalue weighted by molar-refractivity contribution is 0.412. The number of guanidine groups is 1. The lowest BCUT2D eigenvalue weighted by atomic mass is 9.96. The second kappa shape index (κ2) is 7.91. The maximum absolute atomic E-state index is 6.01. The minimum absolute atomic E-state index is 0.319. The smallest absolute Gasteiger partial charge is 0.188 e. The zero-order valence-corrected chi connectivity index (χ0v) is 13.3. The van der Waals surface area contributed by atoms with Crippen LogP contribution < -0.4 is 16.0 Å². The number of hydrogen-bond donors (Lipinski definition) is 2. The summed E-state index contributed by atoms with van der Waals surface area (Å²) in [6, 6.07) is 11.2. The fraction of sp³-hybridized carbons (Fsp3) is 0.588. The summed E-state index contributed by atoms with van der Waals surface area (Å²) in [6.45, 7) is 2.88. The van der Waals surface area contributed by atoms with Crippen molar-refractivity contribution in [3.63, 3.8) is 0 Å². The predicted octanol–water partition coefficient (Wildman–Crippen LogP) is 2.75. The van der Waals surface area contributed by atoms with Crippen LogP contribution in [0.1, 0.15) is 39.0 Å². The molecule has 0 bridgehead atoms. The van der Waals surface area contributed by atoms with Gasteiger partial charge in [-0.3, -0.25) is 4.99 Å². The van der Waals surface area contributed by atoms with Gasteiger partial charge in [0.05, 0.1) is 6.54 Å². The Morgan fingerprint density at radius 2 is 1.95 bits per heavy atom. The van der Waals surface area contributed by atoms with Crippen molar-refractivity contribution in [2.45, 2.75) is 51.1 Å². The molecule has 1 saturated carbocycles. The number of nitrogens with zero attached hydrogens (tertiary/aromatic N) is 2. The Kier molecular flexibility index (Phi) is 5.90. The number of nitrogens with one attached hydrogen (secondary N) is 1. The third-order valence-corrected chi connectivity index (χ3v) is 4.31. The molecule has 1 fully saturated rings. The molecule has 4 nitrogen and oxygen atoms in total. The molecule has 21 heavy (non-hydrogen) atoms. The zero-order valence-electron chi connectivity index (χ0n) is 13.3. The maximum atomic E-state index is 6.01. The van der Waals surface area contributed by atoms with Crippen LogP contribution in [0.2, 0.25) is 0 Å². The first-order valence-electron chi connectivity index (χ1n) is 8.01. The number of para-hydroxylation sites is 1. The number of hydrogen-bond acceptors (Lipinski definition) is 2. The van der Waals surface area contributed by atoms with Crippen molar-refractivity contribution >= 4 is 11.6 Å². The highest BCUT2D eigenvalue weighted by atomic mass is 15.2. The topological polar surface area (TPSA) is 53.6 Å².